The number of carbonyl (C=O) groups is 2. The highest BCUT2D eigenvalue weighted by atomic mass is 32.2. The van der Waals surface area contributed by atoms with Gasteiger partial charge in [0, 0.05) is 10.6 Å². The number of halogens is 1. The summed E-state index contributed by atoms with van der Waals surface area (Å²) in [6.07, 6.45) is 0.310. The SMILES string of the molecule is CC(Sc1ccc(NC(=O)Cc2ccccc2)cc1)C(=O)Nc1ccccc1F. The van der Waals surface area contributed by atoms with Crippen molar-refractivity contribution < 1.29 is 14.0 Å². The Bertz CT molecular complexity index is 978. The molecular formula is C23H21FN2O2S. The summed E-state index contributed by atoms with van der Waals surface area (Å²) >= 11 is 1.36. The van der Waals surface area contributed by atoms with Crippen molar-refractivity contribution in [1.29, 1.82) is 0 Å². The first-order valence-electron chi connectivity index (χ1n) is 9.17. The van der Waals surface area contributed by atoms with Crippen molar-refractivity contribution >= 4 is 35.0 Å². The van der Waals surface area contributed by atoms with Crippen LogP contribution in [0.25, 0.3) is 0 Å². The number of hydrogen-bond donors (Lipinski definition) is 2. The molecule has 0 spiro atoms. The van der Waals surface area contributed by atoms with E-state index in [-0.39, 0.29) is 17.5 Å². The van der Waals surface area contributed by atoms with Crippen molar-refractivity contribution in [3.63, 3.8) is 0 Å². The Morgan fingerprint density at radius 2 is 1.55 bits per heavy atom. The second-order valence-corrected chi connectivity index (χ2v) is 7.88. The lowest BCUT2D eigenvalue weighted by molar-refractivity contribution is -0.116. The van der Waals surface area contributed by atoms with Gasteiger partial charge in [-0.25, -0.2) is 4.39 Å². The van der Waals surface area contributed by atoms with E-state index in [0.717, 1.165) is 10.5 Å². The highest BCUT2D eigenvalue weighted by Crippen LogP contribution is 2.26. The molecule has 3 rings (SSSR count). The third-order valence-electron chi connectivity index (χ3n) is 4.16. The van der Waals surface area contributed by atoms with Crippen LogP contribution in [0.5, 0.6) is 0 Å². The molecule has 0 heterocycles. The molecule has 0 radical (unpaired) electrons. The molecule has 148 valence electrons. The van der Waals surface area contributed by atoms with Gasteiger partial charge in [-0.15, -0.1) is 11.8 Å². The van der Waals surface area contributed by atoms with Crippen LogP contribution < -0.4 is 10.6 Å². The summed E-state index contributed by atoms with van der Waals surface area (Å²) in [5, 5.41) is 5.05. The molecule has 3 aromatic rings. The van der Waals surface area contributed by atoms with E-state index in [1.165, 1.54) is 23.9 Å². The van der Waals surface area contributed by atoms with Gasteiger partial charge in [0.15, 0.2) is 0 Å². The lowest BCUT2D eigenvalue weighted by Gasteiger charge is -2.13. The predicted molar refractivity (Wildman–Crippen MR) is 116 cm³/mol. The second kappa shape index (κ2) is 9.89. The summed E-state index contributed by atoms with van der Waals surface area (Å²) < 4.78 is 13.7. The summed E-state index contributed by atoms with van der Waals surface area (Å²) in [7, 11) is 0. The first-order chi connectivity index (χ1) is 14.0. The first-order valence-corrected chi connectivity index (χ1v) is 10.0. The van der Waals surface area contributed by atoms with Crippen LogP contribution in [0.4, 0.5) is 15.8 Å². The molecule has 0 saturated heterocycles. The molecule has 4 nitrogen and oxygen atoms in total. The molecule has 0 aliphatic rings. The van der Waals surface area contributed by atoms with Crippen LogP contribution in [0.15, 0.2) is 83.8 Å². The minimum Gasteiger partial charge on any atom is -0.326 e. The largest absolute Gasteiger partial charge is 0.326 e. The van der Waals surface area contributed by atoms with Crippen molar-refractivity contribution in [2.75, 3.05) is 10.6 Å². The molecule has 6 heteroatoms. The van der Waals surface area contributed by atoms with Crippen LogP contribution in [0.2, 0.25) is 0 Å². The van der Waals surface area contributed by atoms with E-state index >= 15 is 0 Å². The predicted octanol–water partition coefficient (Wildman–Crippen LogP) is 5.13. The number of rotatable bonds is 7. The molecule has 0 aliphatic heterocycles. The smallest absolute Gasteiger partial charge is 0.237 e. The van der Waals surface area contributed by atoms with E-state index in [0.29, 0.717) is 12.1 Å². The molecule has 0 aliphatic carbocycles. The Labute approximate surface area is 173 Å². The van der Waals surface area contributed by atoms with Crippen LogP contribution in [-0.2, 0) is 16.0 Å². The molecule has 0 saturated carbocycles. The van der Waals surface area contributed by atoms with Gasteiger partial charge in [-0.2, -0.15) is 0 Å². The van der Waals surface area contributed by atoms with Crippen LogP contribution in [0.3, 0.4) is 0 Å². The van der Waals surface area contributed by atoms with E-state index in [1.807, 2.05) is 42.5 Å². The number of benzene rings is 3. The molecule has 0 aromatic heterocycles. The minimum absolute atomic E-state index is 0.0887. The van der Waals surface area contributed by atoms with Crippen molar-refractivity contribution in [3.05, 3.63) is 90.2 Å². The van der Waals surface area contributed by atoms with E-state index in [9.17, 15) is 14.0 Å². The molecule has 29 heavy (non-hydrogen) atoms. The molecule has 1 atom stereocenters. The maximum Gasteiger partial charge on any atom is 0.237 e. The van der Waals surface area contributed by atoms with E-state index in [1.54, 1.807) is 31.2 Å². The third-order valence-corrected chi connectivity index (χ3v) is 5.27. The van der Waals surface area contributed by atoms with Crippen molar-refractivity contribution in [2.24, 2.45) is 0 Å². The van der Waals surface area contributed by atoms with Crippen LogP contribution >= 0.6 is 11.8 Å². The van der Waals surface area contributed by atoms with Crippen molar-refractivity contribution in [2.45, 2.75) is 23.5 Å². The molecule has 2 N–H and O–H groups in total. The van der Waals surface area contributed by atoms with Gasteiger partial charge < -0.3 is 10.6 Å². The van der Waals surface area contributed by atoms with Crippen molar-refractivity contribution in [1.82, 2.24) is 0 Å². The summed E-state index contributed by atoms with van der Waals surface area (Å²) in [5.74, 6) is -0.830. The standard InChI is InChI=1S/C23H21FN2O2S/c1-16(23(28)26-21-10-6-5-9-20(21)24)29-19-13-11-18(12-14-19)25-22(27)15-17-7-3-2-4-8-17/h2-14,16H,15H2,1H3,(H,25,27)(H,26,28). The summed E-state index contributed by atoms with van der Waals surface area (Å²) in [4.78, 5) is 25.3. The van der Waals surface area contributed by atoms with Gasteiger partial charge in [0.2, 0.25) is 11.8 Å². The Balaban J connectivity index is 1.52. The number of amides is 2. The van der Waals surface area contributed by atoms with Crippen LogP contribution in [0, 0.1) is 5.82 Å². The van der Waals surface area contributed by atoms with Gasteiger partial charge >= 0.3 is 0 Å². The zero-order valence-electron chi connectivity index (χ0n) is 15.9. The number of thioether (sulfide) groups is 1. The lowest BCUT2D eigenvalue weighted by atomic mass is 10.1. The van der Waals surface area contributed by atoms with E-state index in [4.69, 9.17) is 0 Å². The molecule has 2 amide bonds. The Morgan fingerprint density at radius 1 is 0.897 bits per heavy atom. The average Bonchev–Trinajstić information content (AvgIpc) is 2.72. The molecule has 1 unspecified atom stereocenters. The summed E-state index contributed by atoms with van der Waals surface area (Å²) in [6.45, 7) is 1.76. The van der Waals surface area contributed by atoms with Crippen LogP contribution in [0.1, 0.15) is 12.5 Å². The minimum atomic E-state index is -0.464. The average molecular weight is 408 g/mol. The number of hydrogen-bond acceptors (Lipinski definition) is 3. The van der Waals surface area contributed by atoms with Gasteiger partial charge in [0.1, 0.15) is 5.82 Å². The van der Waals surface area contributed by atoms with Gasteiger partial charge in [-0.3, -0.25) is 9.59 Å². The van der Waals surface area contributed by atoms with Crippen molar-refractivity contribution in [3.8, 4) is 0 Å². The van der Waals surface area contributed by atoms with Crippen LogP contribution in [-0.4, -0.2) is 17.1 Å². The quantitative estimate of drug-likeness (QED) is 0.533. The fourth-order valence-corrected chi connectivity index (χ4v) is 3.53. The number of nitrogens with one attached hydrogen (secondary N) is 2. The first kappa shape index (κ1) is 20.6. The second-order valence-electron chi connectivity index (χ2n) is 6.46. The Hall–Kier alpha value is -3.12. The normalized spacial score (nSPS) is 11.5. The highest BCUT2D eigenvalue weighted by molar-refractivity contribution is 8.00. The monoisotopic (exact) mass is 408 g/mol. The van der Waals surface area contributed by atoms with Gasteiger partial charge in [0.25, 0.3) is 0 Å². The zero-order valence-corrected chi connectivity index (χ0v) is 16.7. The fourth-order valence-electron chi connectivity index (χ4n) is 2.66. The maximum atomic E-state index is 13.7. The lowest BCUT2D eigenvalue weighted by Crippen LogP contribution is -2.22. The number of carbonyl (C=O) groups excluding carboxylic acids is 2. The molecular weight excluding hydrogens is 387 g/mol. The maximum absolute atomic E-state index is 13.7. The molecule has 0 bridgehead atoms. The van der Waals surface area contributed by atoms with E-state index in [2.05, 4.69) is 10.6 Å². The topological polar surface area (TPSA) is 58.2 Å². The Morgan fingerprint density at radius 3 is 2.24 bits per heavy atom. The van der Waals surface area contributed by atoms with Gasteiger partial charge in [-0.1, -0.05) is 42.5 Å². The summed E-state index contributed by atoms with van der Waals surface area (Å²) in [5.41, 5.74) is 1.81. The number of para-hydroxylation sites is 1. The summed E-state index contributed by atoms with van der Waals surface area (Å²) in [6, 6.07) is 22.9. The highest BCUT2D eigenvalue weighted by Gasteiger charge is 2.16. The van der Waals surface area contributed by atoms with Gasteiger partial charge in [0.05, 0.1) is 17.4 Å². The molecule has 0 fully saturated rings. The van der Waals surface area contributed by atoms with Gasteiger partial charge in [-0.05, 0) is 48.9 Å². The fraction of sp³-hybridized carbons (Fsp3) is 0.130. The van der Waals surface area contributed by atoms with E-state index < -0.39 is 11.1 Å². The Kier molecular flexibility index (Phi) is 7.03. The number of anilines is 2. The molecule has 3 aromatic carbocycles. The zero-order chi connectivity index (χ0) is 20.6. The third kappa shape index (κ3) is 6.19.